The van der Waals surface area contributed by atoms with Gasteiger partial charge in [0.25, 0.3) is 11.8 Å². The Bertz CT molecular complexity index is 1110. The SMILES string of the molecule is Cc1cccc(C(=O)N2[C@@H](C(=O)NCC(C)C)COC23CCN(C(=O)c2ccccc2Cl)CC3)c1. The van der Waals surface area contributed by atoms with E-state index in [0.29, 0.717) is 48.6 Å². The molecule has 8 heteroatoms. The molecule has 2 aromatic rings. The van der Waals surface area contributed by atoms with Crippen LogP contribution in [0.5, 0.6) is 0 Å². The first-order chi connectivity index (χ1) is 16.7. The van der Waals surface area contributed by atoms with Crippen LogP contribution in [-0.2, 0) is 9.53 Å². The summed E-state index contributed by atoms with van der Waals surface area (Å²) in [5.41, 5.74) is 0.992. The van der Waals surface area contributed by atoms with E-state index in [1.807, 2.05) is 39.0 Å². The van der Waals surface area contributed by atoms with E-state index < -0.39 is 11.8 Å². The fourth-order valence-electron chi connectivity index (χ4n) is 4.77. The van der Waals surface area contributed by atoms with Crippen LogP contribution in [0.3, 0.4) is 0 Å². The Labute approximate surface area is 211 Å². The zero-order valence-corrected chi connectivity index (χ0v) is 21.2. The molecule has 4 rings (SSSR count). The predicted molar refractivity (Wildman–Crippen MR) is 134 cm³/mol. The second kappa shape index (κ2) is 10.4. The van der Waals surface area contributed by atoms with Gasteiger partial charge in [0.1, 0.15) is 11.8 Å². The first-order valence-electron chi connectivity index (χ1n) is 12.1. The molecule has 2 aromatic carbocycles. The molecule has 2 aliphatic heterocycles. The highest BCUT2D eigenvalue weighted by Crippen LogP contribution is 2.39. The summed E-state index contributed by atoms with van der Waals surface area (Å²) < 4.78 is 6.25. The molecular formula is C27H32ClN3O4. The number of carbonyl (C=O) groups excluding carboxylic acids is 3. The number of ether oxygens (including phenoxy) is 1. The summed E-state index contributed by atoms with van der Waals surface area (Å²) in [4.78, 5) is 43.3. The minimum absolute atomic E-state index is 0.125. The van der Waals surface area contributed by atoms with Crippen molar-refractivity contribution < 1.29 is 19.1 Å². The van der Waals surface area contributed by atoms with Crippen LogP contribution in [-0.4, -0.2) is 65.5 Å². The van der Waals surface area contributed by atoms with Crippen LogP contribution < -0.4 is 5.32 Å². The summed E-state index contributed by atoms with van der Waals surface area (Å²) in [7, 11) is 0. The maximum atomic E-state index is 13.8. The Morgan fingerprint density at radius 3 is 2.46 bits per heavy atom. The van der Waals surface area contributed by atoms with Crippen molar-refractivity contribution in [3.63, 3.8) is 0 Å². The van der Waals surface area contributed by atoms with Crippen LogP contribution in [0, 0.1) is 12.8 Å². The molecule has 186 valence electrons. The number of halogens is 1. The third-order valence-electron chi connectivity index (χ3n) is 6.67. The van der Waals surface area contributed by atoms with Gasteiger partial charge in [-0.05, 0) is 37.1 Å². The highest BCUT2D eigenvalue weighted by molar-refractivity contribution is 6.33. The average molecular weight is 498 g/mol. The smallest absolute Gasteiger partial charge is 0.256 e. The number of likely N-dealkylation sites (tertiary alicyclic amines) is 1. The number of piperidine rings is 1. The summed E-state index contributed by atoms with van der Waals surface area (Å²) in [6, 6.07) is 13.6. The second-order valence-electron chi connectivity index (χ2n) is 9.73. The Morgan fingerprint density at radius 2 is 1.80 bits per heavy atom. The van der Waals surface area contributed by atoms with Crippen molar-refractivity contribution in [3.05, 3.63) is 70.2 Å². The maximum Gasteiger partial charge on any atom is 0.256 e. The molecule has 35 heavy (non-hydrogen) atoms. The van der Waals surface area contributed by atoms with E-state index in [1.165, 1.54) is 0 Å². The van der Waals surface area contributed by atoms with Gasteiger partial charge < -0.3 is 15.0 Å². The largest absolute Gasteiger partial charge is 0.354 e. The number of rotatable bonds is 5. The van der Waals surface area contributed by atoms with Crippen molar-refractivity contribution in [2.24, 2.45) is 5.92 Å². The van der Waals surface area contributed by atoms with Crippen LogP contribution in [0.25, 0.3) is 0 Å². The lowest BCUT2D eigenvalue weighted by Gasteiger charge is -2.44. The fraction of sp³-hybridized carbons (Fsp3) is 0.444. The van der Waals surface area contributed by atoms with Crippen LogP contribution in [0.4, 0.5) is 0 Å². The summed E-state index contributed by atoms with van der Waals surface area (Å²) in [6.07, 6.45) is 0.823. The van der Waals surface area contributed by atoms with Crippen molar-refractivity contribution in [2.45, 2.75) is 45.4 Å². The van der Waals surface area contributed by atoms with E-state index in [0.717, 1.165) is 5.56 Å². The first kappa shape index (κ1) is 25.2. The summed E-state index contributed by atoms with van der Waals surface area (Å²) in [6.45, 7) is 7.40. The Morgan fingerprint density at radius 1 is 1.09 bits per heavy atom. The number of nitrogens with zero attached hydrogens (tertiary/aromatic N) is 2. The molecule has 2 saturated heterocycles. The number of benzene rings is 2. The molecule has 1 N–H and O–H groups in total. The standard InChI is InChI=1S/C27H32ClN3O4/c1-18(2)16-29-24(32)23-17-35-27(31(23)25(33)20-8-6-7-19(3)15-20)11-13-30(14-12-27)26(34)21-9-4-5-10-22(21)28/h4-10,15,18,23H,11-14,16-17H2,1-3H3,(H,29,32)/t23-/m1/s1. The third kappa shape index (κ3) is 5.21. The second-order valence-corrected chi connectivity index (χ2v) is 10.1. The quantitative estimate of drug-likeness (QED) is 0.679. The van der Waals surface area contributed by atoms with E-state index in [1.54, 1.807) is 40.1 Å². The predicted octanol–water partition coefficient (Wildman–Crippen LogP) is 3.89. The van der Waals surface area contributed by atoms with Gasteiger partial charge in [0.05, 0.1) is 17.2 Å². The lowest BCUT2D eigenvalue weighted by molar-refractivity contribution is -0.128. The van der Waals surface area contributed by atoms with Gasteiger partial charge in [-0.3, -0.25) is 19.3 Å². The van der Waals surface area contributed by atoms with Crippen molar-refractivity contribution in [2.75, 3.05) is 26.2 Å². The van der Waals surface area contributed by atoms with E-state index in [-0.39, 0.29) is 30.2 Å². The highest BCUT2D eigenvalue weighted by atomic mass is 35.5. The Balaban J connectivity index is 1.58. The van der Waals surface area contributed by atoms with Gasteiger partial charge in [-0.15, -0.1) is 0 Å². The summed E-state index contributed by atoms with van der Waals surface area (Å²) in [5, 5.41) is 3.37. The molecule has 0 saturated carbocycles. The molecule has 3 amide bonds. The highest BCUT2D eigenvalue weighted by Gasteiger charge is 2.54. The Hall–Kier alpha value is -2.90. The fourth-order valence-corrected chi connectivity index (χ4v) is 4.99. The van der Waals surface area contributed by atoms with Gasteiger partial charge >= 0.3 is 0 Å². The van der Waals surface area contributed by atoms with Gasteiger partial charge in [0, 0.05) is 38.0 Å². The zero-order chi connectivity index (χ0) is 25.2. The minimum atomic E-state index is -0.946. The number of aryl methyl sites for hydroxylation is 1. The van der Waals surface area contributed by atoms with Gasteiger partial charge in [-0.1, -0.05) is 55.3 Å². The van der Waals surface area contributed by atoms with Gasteiger partial charge in [-0.25, -0.2) is 0 Å². The third-order valence-corrected chi connectivity index (χ3v) is 7.00. The molecule has 1 atom stereocenters. The Kier molecular flexibility index (Phi) is 7.47. The maximum absolute atomic E-state index is 13.8. The first-order valence-corrected chi connectivity index (χ1v) is 12.5. The molecule has 0 radical (unpaired) electrons. The molecule has 0 bridgehead atoms. The van der Waals surface area contributed by atoms with Gasteiger partial charge in [0.2, 0.25) is 5.91 Å². The van der Waals surface area contributed by atoms with Crippen LogP contribution in [0.15, 0.2) is 48.5 Å². The molecular weight excluding hydrogens is 466 g/mol. The van der Waals surface area contributed by atoms with Crippen molar-refractivity contribution in [3.8, 4) is 0 Å². The number of carbonyl (C=O) groups is 3. The monoisotopic (exact) mass is 497 g/mol. The minimum Gasteiger partial charge on any atom is -0.354 e. The molecule has 0 unspecified atom stereocenters. The number of hydrogen-bond acceptors (Lipinski definition) is 4. The number of nitrogens with one attached hydrogen (secondary N) is 1. The lowest BCUT2D eigenvalue weighted by Crippen LogP contribution is -2.60. The summed E-state index contributed by atoms with van der Waals surface area (Å²) in [5.74, 6) is -0.311. The molecule has 0 aliphatic carbocycles. The van der Waals surface area contributed by atoms with Crippen molar-refractivity contribution in [1.29, 1.82) is 0 Å². The summed E-state index contributed by atoms with van der Waals surface area (Å²) >= 11 is 6.24. The van der Waals surface area contributed by atoms with Crippen LogP contribution >= 0.6 is 11.6 Å². The van der Waals surface area contributed by atoms with Crippen LogP contribution in [0.1, 0.15) is 53.0 Å². The molecule has 7 nitrogen and oxygen atoms in total. The van der Waals surface area contributed by atoms with E-state index in [9.17, 15) is 14.4 Å². The zero-order valence-electron chi connectivity index (χ0n) is 20.4. The van der Waals surface area contributed by atoms with E-state index >= 15 is 0 Å². The van der Waals surface area contributed by atoms with Crippen molar-refractivity contribution >= 4 is 29.3 Å². The molecule has 2 fully saturated rings. The average Bonchev–Trinajstić information content (AvgIpc) is 3.21. The number of hydrogen-bond donors (Lipinski definition) is 1. The van der Waals surface area contributed by atoms with Crippen LogP contribution in [0.2, 0.25) is 5.02 Å². The lowest BCUT2D eigenvalue weighted by atomic mass is 9.95. The van der Waals surface area contributed by atoms with E-state index in [4.69, 9.17) is 16.3 Å². The normalized spacial score (nSPS) is 19.3. The van der Waals surface area contributed by atoms with E-state index in [2.05, 4.69) is 5.32 Å². The molecule has 0 aromatic heterocycles. The molecule has 1 spiro atoms. The van der Waals surface area contributed by atoms with Crippen molar-refractivity contribution in [1.82, 2.24) is 15.1 Å². The molecule has 2 heterocycles. The van der Waals surface area contributed by atoms with Gasteiger partial charge in [-0.2, -0.15) is 0 Å². The number of amides is 3. The topological polar surface area (TPSA) is 79.0 Å². The van der Waals surface area contributed by atoms with Gasteiger partial charge in [0.15, 0.2) is 0 Å². The molecule has 2 aliphatic rings.